The number of nitrogens with two attached hydrogens (primary N) is 1. The Morgan fingerprint density at radius 2 is 2.00 bits per heavy atom. The molecule has 0 unspecified atom stereocenters. The summed E-state index contributed by atoms with van der Waals surface area (Å²) >= 11 is 0. The van der Waals surface area contributed by atoms with Crippen molar-refractivity contribution >= 4 is 6.09 Å². The predicted molar refractivity (Wildman–Crippen MR) is 80.8 cm³/mol. The largest absolute Gasteiger partial charge is 0.469 e. The van der Waals surface area contributed by atoms with Gasteiger partial charge < -0.3 is 20.0 Å². The van der Waals surface area contributed by atoms with Gasteiger partial charge in [0.2, 0.25) is 0 Å². The Hall–Kier alpha value is -1.49. The highest BCUT2D eigenvalue weighted by atomic mass is 16.6. The molecule has 3 atom stereocenters. The average Bonchev–Trinajstić information content (AvgIpc) is 2.86. The molecule has 120 valence electrons. The minimum Gasteiger partial charge on any atom is -0.469 e. The van der Waals surface area contributed by atoms with E-state index < -0.39 is 18.3 Å². The first-order valence-electron chi connectivity index (χ1n) is 7.48. The maximum Gasteiger partial charge on any atom is 0.404 e. The average molecular weight is 297 g/mol. The van der Waals surface area contributed by atoms with E-state index in [1.807, 2.05) is 26.0 Å². The van der Waals surface area contributed by atoms with Crippen molar-refractivity contribution in [2.75, 3.05) is 0 Å². The number of amides is 1. The van der Waals surface area contributed by atoms with Crippen LogP contribution in [0.15, 0.2) is 22.8 Å². The zero-order valence-electron chi connectivity index (χ0n) is 13.3. The second-order valence-corrected chi connectivity index (χ2v) is 6.27. The van der Waals surface area contributed by atoms with Crippen LogP contribution >= 0.6 is 0 Å². The van der Waals surface area contributed by atoms with Crippen molar-refractivity contribution in [1.82, 2.24) is 0 Å². The molecule has 1 amide bonds. The van der Waals surface area contributed by atoms with Crippen molar-refractivity contribution in [2.24, 2.45) is 17.6 Å². The van der Waals surface area contributed by atoms with Gasteiger partial charge >= 0.3 is 6.09 Å². The van der Waals surface area contributed by atoms with Crippen LogP contribution in [0.25, 0.3) is 0 Å². The molecule has 21 heavy (non-hydrogen) atoms. The number of primary amides is 1. The molecular formula is C16H27NO4. The monoisotopic (exact) mass is 297 g/mol. The molecule has 0 saturated heterocycles. The first-order valence-corrected chi connectivity index (χ1v) is 7.48. The highest BCUT2D eigenvalue weighted by Crippen LogP contribution is 2.31. The normalized spacial score (nSPS) is 16.0. The summed E-state index contributed by atoms with van der Waals surface area (Å²) in [4.78, 5) is 11.0. The van der Waals surface area contributed by atoms with Crippen LogP contribution in [0.5, 0.6) is 0 Å². The third-order valence-electron chi connectivity index (χ3n) is 3.61. The number of carbonyl (C=O) groups excluding carboxylic acids is 1. The van der Waals surface area contributed by atoms with Crippen LogP contribution in [-0.2, 0) is 4.74 Å². The fraction of sp³-hybridized carbons (Fsp3) is 0.688. The molecule has 0 spiro atoms. The van der Waals surface area contributed by atoms with Gasteiger partial charge in [-0.15, -0.1) is 0 Å². The van der Waals surface area contributed by atoms with Crippen molar-refractivity contribution in [2.45, 2.75) is 58.7 Å². The Bertz CT molecular complexity index is 414. The summed E-state index contributed by atoms with van der Waals surface area (Å²) in [6, 6.07) is 3.74. The van der Waals surface area contributed by atoms with Gasteiger partial charge in [-0.05, 0) is 36.8 Å². The predicted octanol–water partition coefficient (Wildman–Crippen LogP) is 3.28. The molecule has 0 radical (unpaired) electrons. The molecule has 5 nitrogen and oxygen atoms in total. The number of furan rings is 1. The minimum atomic E-state index is -0.848. The van der Waals surface area contributed by atoms with E-state index in [9.17, 15) is 9.90 Å². The Balaban J connectivity index is 2.77. The van der Waals surface area contributed by atoms with Crippen molar-refractivity contribution in [3.05, 3.63) is 24.2 Å². The van der Waals surface area contributed by atoms with E-state index in [-0.39, 0.29) is 5.92 Å². The van der Waals surface area contributed by atoms with E-state index in [0.717, 1.165) is 5.76 Å². The first-order chi connectivity index (χ1) is 9.81. The van der Waals surface area contributed by atoms with Gasteiger partial charge in [-0.2, -0.15) is 0 Å². The van der Waals surface area contributed by atoms with Crippen molar-refractivity contribution in [1.29, 1.82) is 0 Å². The molecule has 0 aliphatic rings. The smallest absolute Gasteiger partial charge is 0.404 e. The number of ether oxygens (including phenoxy) is 1. The first kappa shape index (κ1) is 17.6. The van der Waals surface area contributed by atoms with Gasteiger partial charge in [-0.1, -0.05) is 27.7 Å². The summed E-state index contributed by atoms with van der Waals surface area (Å²) in [5, 5.41) is 10.5. The lowest BCUT2D eigenvalue weighted by molar-refractivity contribution is -0.0140. The quantitative estimate of drug-likeness (QED) is 0.771. The number of hydrogen-bond donors (Lipinski definition) is 2. The maximum atomic E-state index is 11.0. The molecule has 0 bridgehead atoms. The molecule has 0 aliphatic heterocycles. The topological polar surface area (TPSA) is 85.7 Å². The fourth-order valence-electron chi connectivity index (χ4n) is 2.53. The van der Waals surface area contributed by atoms with Crippen LogP contribution in [0.3, 0.4) is 0 Å². The second kappa shape index (κ2) is 8.08. The van der Waals surface area contributed by atoms with Gasteiger partial charge in [0.15, 0.2) is 0 Å². The van der Waals surface area contributed by atoms with Crippen molar-refractivity contribution in [3.63, 3.8) is 0 Å². The fourth-order valence-corrected chi connectivity index (χ4v) is 2.53. The molecular weight excluding hydrogens is 270 g/mol. The van der Waals surface area contributed by atoms with E-state index in [1.54, 1.807) is 6.26 Å². The standard InChI is InChI=1S/C16H27NO4/c1-10(2)8-15(21-16(17)19)13(18)9-12(11(3)4)14-6-5-7-20-14/h5-7,10-13,15,18H,8-9H2,1-4H3,(H2,17,19)/t12-,13+,15-/m0/s1. The van der Waals surface area contributed by atoms with Crippen LogP contribution in [-0.4, -0.2) is 23.4 Å². The summed E-state index contributed by atoms with van der Waals surface area (Å²) < 4.78 is 10.5. The Morgan fingerprint density at radius 3 is 2.43 bits per heavy atom. The van der Waals surface area contributed by atoms with E-state index in [1.165, 1.54) is 0 Å². The maximum absolute atomic E-state index is 11.0. The zero-order chi connectivity index (χ0) is 16.0. The highest BCUT2D eigenvalue weighted by Gasteiger charge is 2.29. The summed E-state index contributed by atoms with van der Waals surface area (Å²) in [7, 11) is 0. The SMILES string of the molecule is CC(C)C[C@H](OC(N)=O)[C@H](O)C[C@H](c1ccco1)C(C)C. The lowest BCUT2D eigenvalue weighted by Crippen LogP contribution is -2.36. The van der Waals surface area contributed by atoms with Gasteiger partial charge in [0.25, 0.3) is 0 Å². The molecule has 0 saturated carbocycles. The van der Waals surface area contributed by atoms with Gasteiger partial charge in [-0.25, -0.2) is 4.79 Å². The molecule has 1 heterocycles. The van der Waals surface area contributed by atoms with Crippen LogP contribution < -0.4 is 5.73 Å². The van der Waals surface area contributed by atoms with Gasteiger partial charge in [0, 0.05) is 5.92 Å². The minimum absolute atomic E-state index is 0.0705. The van der Waals surface area contributed by atoms with Crippen LogP contribution in [0.1, 0.15) is 52.2 Å². The zero-order valence-corrected chi connectivity index (χ0v) is 13.3. The van der Waals surface area contributed by atoms with Gasteiger partial charge in [-0.3, -0.25) is 0 Å². The lowest BCUT2D eigenvalue weighted by atomic mass is 9.85. The Labute approximate surface area is 126 Å². The summed E-state index contributed by atoms with van der Waals surface area (Å²) in [5.41, 5.74) is 5.10. The molecule has 0 fully saturated rings. The van der Waals surface area contributed by atoms with Gasteiger partial charge in [0.1, 0.15) is 11.9 Å². The summed E-state index contributed by atoms with van der Waals surface area (Å²) in [6.45, 7) is 8.17. The van der Waals surface area contributed by atoms with E-state index in [4.69, 9.17) is 14.9 Å². The molecule has 3 N–H and O–H groups in total. The van der Waals surface area contributed by atoms with Crippen LogP contribution in [0, 0.1) is 11.8 Å². The number of rotatable bonds is 8. The molecule has 0 aromatic carbocycles. The summed E-state index contributed by atoms with van der Waals surface area (Å²) in [6.07, 6.45) is 0.473. The Morgan fingerprint density at radius 1 is 1.33 bits per heavy atom. The van der Waals surface area contributed by atoms with Crippen molar-refractivity contribution in [3.8, 4) is 0 Å². The molecule has 0 aliphatic carbocycles. The van der Waals surface area contributed by atoms with Gasteiger partial charge in [0.05, 0.1) is 12.4 Å². The van der Waals surface area contributed by atoms with Crippen LogP contribution in [0.4, 0.5) is 4.79 Å². The lowest BCUT2D eigenvalue weighted by Gasteiger charge is -2.28. The third-order valence-corrected chi connectivity index (χ3v) is 3.61. The molecule has 1 rings (SSSR count). The Kier molecular flexibility index (Phi) is 6.75. The number of aliphatic hydroxyl groups is 1. The van der Waals surface area contributed by atoms with Crippen LogP contribution in [0.2, 0.25) is 0 Å². The van der Waals surface area contributed by atoms with E-state index in [0.29, 0.717) is 24.7 Å². The number of hydrogen-bond acceptors (Lipinski definition) is 4. The van der Waals surface area contributed by atoms with Crippen molar-refractivity contribution < 1.29 is 19.1 Å². The summed E-state index contributed by atoms with van der Waals surface area (Å²) in [5.74, 6) is 1.51. The third kappa shape index (κ3) is 5.79. The molecule has 1 aromatic rings. The van der Waals surface area contributed by atoms with E-state index in [2.05, 4.69) is 13.8 Å². The highest BCUT2D eigenvalue weighted by molar-refractivity contribution is 5.64. The molecule has 1 aromatic heterocycles. The van der Waals surface area contributed by atoms with E-state index >= 15 is 0 Å². The number of carbonyl (C=O) groups is 1. The number of aliphatic hydroxyl groups excluding tert-OH is 1. The molecule has 5 heteroatoms. The second-order valence-electron chi connectivity index (χ2n) is 6.27.